The van der Waals surface area contributed by atoms with E-state index in [4.69, 9.17) is 9.16 Å². The Morgan fingerprint density at radius 2 is 1.62 bits per heavy atom. The fourth-order valence-electron chi connectivity index (χ4n) is 2.74. The molecule has 0 unspecified atom stereocenters. The summed E-state index contributed by atoms with van der Waals surface area (Å²) in [6.07, 6.45) is 2.56. The second-order valence-electron chi connectivity index (χ2n) is 8.98. The lowest BCUT2D eigenvalue weighted by molar-refractivity contribution is -0.113. The fourth-order valence-corrected chi connectivity index (χ4v) is 3.77. The van der Waals surface area contributed by atoms with Crippen molar-refractivity contribution < 1.29 is 18.8 Å². The summed E-state index contributed by atoms with van der Waals surface area (Å²) in [6, 6.07) is 16.5. The molecule has 0 heterocycles. The number of amides is 1. The van der Waals surface area contributed by atoms with Crippen LogP contribution in [0, 0.1) is 12.0 Å². The molecule has 0 aliphatic heterocycles. The van der Waals surface area contributed by atoms with E-state index in [9.17, 15) is 9.59 Å². The van der Waals surface area contributed by atoms with Crippen LogP contribution < -0.4 is 9.33 Å². The molecule has 0 atom stereocenters. The number of carbonyl (C=O) groups is 2. The molecule has 6 heteroatoms. The van der Waals surface area contributed by atoms with Crippen LogP contribution in [0.5, 0.6) is 5.75 Å². The van der Waals surface area contributed by atoms with Gasteiger partial charge in [0, 0.05) is 24.6 Å². The van der Waals surface area contributed by atoms with E-state index in [1.807, 2.05) is 48.5 Å². The van der Waals surface area contributed by atoms with Crippen molar-refractivity contribution >= 4 is 25.7 Å². The van der Waals surface area contributed by atoms with Crippen LogP contribution >= 0.6 is 0 Å². The molecule has 170 valence electrons. The summed E-state index contributed by atoms with van der Waals surface area (Å²) in [6.45, 7) is 13.2. The first-order valence-electron chi connectivity index (χ1n) is 10.9. The van der Waals surface area contributed by atoms with E-state index in [0.29, 0.717) is 23.6 Å². The van der Waals surface area contributed by atoms with E-state index < -0.39 is 14.2 Å². The van der Waals surface area contributed by atoms with E-state index in [1.54, 1.807) is 13.0 Å². The van der Waals surface area contributed by atoms with Crippen LogP contribution in [-0.2, 0) is 9.53 Å². The topological polar surface area (TPSA) is 55.8 Å². The Labute approximate surface area is 192 Å². The Balaban J connectivity index is 2.22. The van der Waals surface area contributed by atoms with Gasteiger partial charge in [0.1, 0.15) is 11.9 Å². The molecule has 1 amide bonds. The van der Waals surface area contributed by atoms with Gasteiger partial charge >= 0.3 is 5.91 Å². The van der Waals surface area contributed by atoms with Crippen LogP contribution in [-0.4, -0.2) is 33.2 Å². The summed E-state index contributed by atoms with van der Waals surface area (Å²) in [7, 11) is -2.11. The average Bonchev–Trinajstić information content (AvgIpc) is 2.74. The highest BCUT2D eigenvalue weighted by Gasteiger charge is 2.39. The Morgan fingerprint density at radius 3 is 2.25 bits per heavy atom. The zero-order valence-electron chi connectivity index (χ0n) is 19.9. The van der Waals surface area contributed by atoms with Crippen LogP contribution in [0.15, 0.2) is 54.6 Å². The minimum Gasteiger partial charge on any atom is -0.543 e. The third-order valence-electron chi connectivity index (χ3n) is 5.61. The molecular weight excluding hydrogens is 418 g/mol. The Hall–Kier alpha value is -3.04. The summed E-state index contributed by atoms with van der Waals surface area (Å²) in [5.74, 6) is 2.61. The largest absolute Gasteiger partial charge is 0.543 e. The number of hydrogen-bond acceptors (Lipinski definition) is 4. The normalized spacial score (nSPS) is 11.2. The third-order valence-corrected chi connectivity index (χ3v) is 9.95. The minimum absolute atomic E-state index is 0.0128. The zero-order valence-corrected chi connectivity index (χ0v) is 20.9. The Kier molecular flexibility index (Phi) is 8.68. The first-order chi connectivity index (χ1) is 15.1. The number of ether oxygens (including phenoxy) is 1. The highest BCUT2D eigenvalue weighted by atomic mass is 28.4. The maximum atomic E-state index is 13.2. The van der Waals surface area contributed by atoms with Gasteiger partial charge in [-0.15, -0.1) is 0 Å². The van der Waals surface area contributed by atoms with Crippen molar-refractivity contribution in [2.45, 2.75) is 52.2 Å². The van der Waals surface area contributed by atoms with Gasteiger partial charge in [0.05, 0.1) is 12.2 Å². The van der Waals surface area contributed by atoms with Crippen molar-refractivity contribution in [2.24, 2.45) is 0 Å². The number of carbonyl (C=O) groups excluding carboxylic acids is 2. The molecule has 0 aromatic heterocycles. The lowest BCUT2D eigenvalue weighted by Crippen LogP contribution is -2.44. The molecule has 2 aromatic carbocycles. The number of anilines is 1. The number of hydrogen-bond donors (Lipinski definition) is 0. The predicted octanol–water partition coefficient (Wildman–Crippen LogP) is 5.67. The smallest absolute Gasteiger partial charge is 0.306 e. The van der Waals surface area contributed by atoms with Gasteiger partial charge in [0.2, 0.25) is 0 Å². The molecule has 0 fully saturated rings. The Morgan fingerprint density at radius 1 is 1.00 bits per heavy atom. The number of rotatable bonds is 8. The SMILES string of the molecule is CCOC#CC(=O)N(CCC(=O)c1ccccc1O[Si](C)(C)C(C)(C)C)c1ccccc1. The molecule has 32 heavy (non-hydrogen) atoms. The van der Waals surface area contributed by atoms with Crippen molar-refractivity contribution in [1.29, 1.82) is 0 Å². The van der Waals surface area contributed by atoms with Crippen LogP contribution in [0.3, 0.4) is 0 Å². The molecule has 0 saturated carbocycles. The standard InChI is InChI=1S/C26H33NO4Si/c1-7-30-20-18-25(29)27(21-13-9-8-10-14-21)19-17-23(28)22-15-11-12-16-24(22)31-32(5,6)26(2,3)4/h8-16H,7,17,19H2,1-6H3. The van der Waals surface area contributed by atoms with Gasteiger partial charge in [-0.3, -0.25) is 9.59 Å². The van der Waals surface area contributed by atoms with Gasteiger partial charge in [-0.2, -0.15) is 0 Å². The summed E-state index contributed by atoms with van der Waals surface area (Å²) in [5, 5.41) is 0.0128. The lowest BCUT2D eigenvalue weighted by atomic mass is 10.1. The van der Waals surface area contributed by atoms with Crippen molar-refractivity contribution in [3.05, 3.63) is 60.2 Å². The van der Waals surface area contributed by atoms with Gasteiger partial charge < -0.3 is 14.1 Å². The highest BCUT2D eigenvalue weighted by Crippen LogP contribution is 2.38. The van der Waals surface area contributed by atoms with Gasteiger partial charge in [-0.1, -0.05) is 51.1 Å². The van der Waals surface area contributed by atoms with Gasteiger partial charge in [0.25, 0.3) is 8.32 Å². The summed E-state index contributed by atoms with van der Waals surface area (Å²) < 4.78 is 11.4. The summed E-state index contributed by atoms with van der Waals surface area (Å²) in [4.78, 5) is 27.3. The summed E-state index contributed by atoms with van der Waals surface area (Å²) in [5.41, 5.74) is 1.22. The first-order valence-corrected chi connectivity index (χ1v) is 13.8. The van der Waals surface area contributed by atoms with E-state index >= 15 is 0 Å². The van der Waals surface area contributed by atoms with Crippen molar-refractivity contribution in [2.75, 3.05) is 18.1 Å². The molecule has 2 rings (SSSR count). The molecule has 0 aliphatic carbocycles. The van der Waals surface area contributed by atoms with Crippen LogP contribution in [0.25, 0.3) is 0 Å². The molecule has 0 saturated heterocycles. The van der Waals surface area contributed by atoms with Gasteiger partial charge in [-0.25, -0.2) is 0 Å². The van der Waals surface area contributed by atoms with E-state index in [2.05, 4.69) is 45.9 Å². The summed E-state index contributed by atoms with van der Waals surface area (Å²) >= 11 is 0. The van der Waals surface area contributed by atoms with Crippen LogP contribution in [0.1, 0.15) is 44.5 Å². The average molecular weight is 452 g/mol. The second kappa shape index (κ2) is 11.0. The molecule has 0 aliphatic rings. The Bertz CT molecular complexity index is 984. The van der Waals surface area contributed by atoms with Crippen molar-refractivity contribution in [3.63, 3.8) is 0 Å². The van der Waals surface area contributed by atoms with Crippen molar-refractivity contribution in [1.82, 2.24) is 0 Å². The molecule has 0 bridgehead atoms. The molecule has 5 nitrogen and oxygen atoms in total. The number of benzene rings is 2. The molecule has 2 aromatic rings. The predicted molar refractivity (Wildman–Crippen MR) is 131 cm³/mol. The quantitative estimate of drug-likeness (QED) is 0.295. The third kappa shape index (κ3) is 6.73. The van der Waals surface area contributed by atoms with Gasteiger partial charge in [-0.05, 0) is 49.3 Å². The second-order valence-corrected chi connectivity index (χ2v) is 13.7. The molecule has 0 radical (unpaired) electrons. The first kappa shape index (κ1) is 25.2. The number of nitrogens with zero attached hydrogens (tertiary/aromatic N) is 1. The van der Waals surface area contributed by atoms with Crippen LogP contribution in [0.2, 0.25) is 18.1 Å². The zero-order chi connectivity index (χ0) is 23.8. The molecule has 0 N–H and O–H groups in total. The number of Topliss-reactive ketones (excluding diaryl/α,β-unsaturated/α-hetero) is 1. The fraction of sp³-hybridized carbons (Fsp3) is 0.385. The lowest BCUT2D eigenvalue weighted by Gasteiger charge is -2.37. The molecule has 0 spiro atoms. The van der Waals surface area contributed by atoms with Crippen LogP contribution in [0.4, 0.5) is 5.69 Å². The number of para-hydroxylation sites is 2. The van der Waals surface area contributed by atoms with E-state index in [-0.39, 0.29) is 23.8 Å². The monoisotopic (exact) mass is 451 g/mol. The molecular formula is C26H33NO4Si. The van der Waals surface area contributed by atoms with E-state index in [1.165, 1.54) is 4.90 Å². The van der Waals surface area contributed by atoms with Gasteiger partial charge in [0.15, 0.2) is 5.78 Å². The highest BCUT2D eigenvalue weighted by molar-refractivity contribution is 6.74. The number of ketones is 1. The maximum Gasteiger partial charge on any atom is 0.306 e. The minimum atomic E-state index is -2.11. The van der Waals surface area contributed by atoms with Crippen molar-refractivity contribution in [3.8, 4) is 17.8 Å². The maximum absolute atomic E-state index is 13.2. The van der Waals surface area contributed by atoms with E-state index in [0.717, 1.165) is 0 Å².